The van der Waals surface area contributed by atoms with Crippen LogP contribution in [0.3, 0.4) is 0 Å². The molecular formula is C19H31N. The van der Waals surface area contributed by atoms with Crippen LogP contribution in [0.25, 0.3) is 0 Å². The molecule has 0 N–H and O–H groups in total. The Morgan fingerprint density at radius 2 is 1.95 bits per heavy atom. The molecule has 1 saturated carbocycles. The highest BCUT2D eigenvalue weighted by Crippen LogP contribution is 2.35. The molecule has 0 radical (unpaired) electrons. The van der Waals surface area contributed by atoms with Crippen molar-refractivity contribution in [1.82, 2.24) is 4.90 Å². The Labute approximate surface area is 125 Å². The van der Waals surface area contributed by atoms with Gasteiger partial charge in [0.2, 0.25) is 0 Å². The zero-order valence-corrected chi connectivity index (χ0v) is 13.9. The van der Waals surface area contributed by atoms with E-state index in [-0.39, 0.29) is 0 Å². The largest absolute Gasteiger partial charge is 0.381 e. The van der Waals surface area contributed by atoms with Gasteiger partial charge >= 0.3 is 0 Å². The topological polar surface area (TPSA) is 3.24 Å². The molecule has 0 aromatic rings. The van der Waals surface area contributed by atoms with Crippen molar-refractivity contribution in [1.29, 1.82) is 0 Å². The van der Waals surface area contributed by atoms with Crippen molar-refractivity contribution in [3.63, 3.8) is 0 Å². The third-order valence-corrected chi connectivity index (χ3v) is 4.58. The lowest BCUT2D eigenvalue weighted by Gasteiger charge is -2.27. The Kier molecular flexibility index (Phi) is 6.32. The third kappa shape index (κ3) is 4.40. The van der Waals surface area contributed by atoms with Crippen LogP contribution in [0, 0.1) is 5.92 Å². The number of allylic oxidation sites excluding steroid dienone is 5. The lowest BCUT2D eigenvalue weighted by atomic mass is 9.79. The van der Waals surface area contributed by atoms with Gasteiger partial charge in [-0.2, -0.15) is 0 Å². The Balaban J connectivity index is 2.61. The van der Waals surface area contributed by atoms with Gasteiger partial charge in [-0.15, -0.1) is 0 Å². The SMILES string of the molecule is C=C1CCC(CCC(=C)/C(CC)=C(/C)N(C)C)C(=C)C1. The summed E-state index contributed by atoms with van der Waals surface area (Å²) in [6.45, 7) is 17.1. The third-order valence-electron chi connectivity index (χ3n) is 4.58. The average Bonchev–Trinajstić information content (AvgIpc) is 2.38. The maximum absolute atomic E-state index is 4.32. The first kappa shape index (κ1) is 16.8. The molecule has 1 heteroatoms. The molecule has 1 nitrogen and oxygen atoms in total. The molecule has 0 saturated heterocycles. The first-order valence-corrected chi connectivity index (χ1v) is 7.76. The summed E-state index contributed by atoms with van der Waals surface area (Å²) in [6, 6.07) is 0. The summed E-state index contributed by atoms with van der Waals surface area (Å²) in [5, 5.41) is 0. The molecule has 1 atom stereocenters. The van der Waals surface area contributed by atoms with E-state index < -0.39 is 0 Å². The minimum absolute atomic E-state index is 0.662. The van der Waals surface area contributed by atoms with Crippen molar-refractivity contribution in [3.05, 3.63) is 47.7 Å². The van der Waals surface area contributed by atoms with Crippen LogP contribution in [0.2, 0.25) is 0 Å². The van der Waals surface area contributed by atoms with E-state index in [1.54, 1.807) is 0 Å². The zero-order chi connectivity index (χ0) is 15.3. The summed E-state index contributed by atoms with van der Waals surface area (Å²) >= 11 is 0. The molecule has 112 valence electrons. The molecule has 1 fully saturated rings. The second-order valence-electron chi connectivity index (χ2n) is 6.27. The van der Waals surface area contributed by atoms with Gasteiger partial charge in [0.25, 0.3) is 0 Å². The standard InChI is InChI=1S/C19H31N/c1-8-19(17(5)20(6)7)15(3)10-12-18-11-9-14(2)13-16(18)4/h18H,2-4,8-13H2,1,5-7H3/b19-17-. The molecular weight excluding hydrogens is 242 g/mol. The van der Waals surface area contributed by atoms with Crippen molar-refractivity contribution in [2.45, 2.75) is 52.4 Å². The highest BCUT2D eigenvalue weighted by molar-refractivity contribution is 5.32. The highest BCUT2D eigenvalue weighted by Gasteiger charge is 2.19. The van der Waals surface area contributed by atoms with Gasteiger partial charge in [0.15, 0.2) is 0 Å². The molecule has 0 aromatic heterocycles. The van der Waals surface area contributed by atoms with Gasteiger partial charge in [-0.25, -0.2) is 0 Å². The van der Waals surface area contributed by atoms with Crippen LogP contribution in [0.5, 0.6) is 0 Å². The fourth-order valence-electron chi connectivity index (χ4n) is 3.02. The summed E-state index contributed by atoms with van der Waals surface area (Å²) < 4.78 is 0. The molecule has 0 aromatic carbocycles. The van der Waals surface area contributed by atoms with Crippen molar-refractivity contribution >= 4 is 0 Å². The molecule has 0 amide bonds. The minimum Gasteiger partial charge on any atom is -0.381 e. The van der Waals surface area contributed by atoms with E-state index in [4.69, 9.17) is 0 Å². The maximum atomic E-state index is 4.32. The average molecular weight is 273 g/mol. The van der Waals surface area contributed by atoms with Crippen LogP contribution in [-0.2, 0) is 0 Å². The number of hydrogen-bond donors (Lipinski definition) is 0. The van der Waals surface area contributed by atoms with E-state index in [2.05, 4.69) is 52.6 Å². The fraction of sp³-hybridized carbons (Fsp3) is 0.579. The predicted octanol–water partition coefficient (Wildman–Crippen LogP) is 5.48. The molecule has 0 spiro atoms. The van der Waals surface area contributed by atoms with Gasteiger partial charge in [0, 0.05) is 19.8 Å². The van der Waals surface area contributed by atoms with E-state index in [1.165, 1.54) is 47.3 Å². The van der Waals surface area contributed by atoms with Gasteiger partial charge in [0.05, 0.1) is 0 Å². The van der Waals surface area contributed by atoms with E-state index in [1.807, 2.05) is 0 Å². The lowest BCUT2D eigenvalue weighted by molar-refractivity contribution is 0.474. The summed E-state index contributed by atoms with van der Waals surface area (Å²) in [7, 11) is 4.21. The first-order chi connectivity index (χ1) is 9.36. The van der Waals surface area contributed by atoms with Crippen molar-refractivity contribution in [2.75, 3.05) is 14.1 Å². The normalized spacial score (nSPS) is 20.7. The van der Waals surface area contributed by atoms with Gasteiger partial charge in [-0.3, -0.25) is 0 Å². The van der Waals surface area contributed by atoms with Gasteiger partial charge in [-0.1, -0.05) is 43.4 Å². The van der Waals surface area contributed by atoms with Gasteiger partial charge in [0.1, 0.15) is 0 Å². The summed E-state index contributed by atoms with van der Waals surface area (Å²) in [4.78, 5) is 2.19. The molecule has 1 rings (SSSR count). The molecule has 1 aliphatic rings. The zero-order valence-electron chi connectivity index (χ0n) is 13.9. The quantitative estimate of drug-likeness (QED) is 0.457. The van der Waals surface area contributed by atoms with Gasteiger partial charge < -0.3 is 4.90 Å². The first-order valence-electron chi connectivity index (χ1n) is 7.76. The van der Waals surface area contributed by atoms with Crippen LogP contribution in [0.1, 0.15) is 52.4 Å². The molecule has 1 aliphatic carbocycles. The van der Waals surface area contributed by atoms with E-state index >= 15 is 0 Å². The Morgan fingerprint density at radius 1 is 1.30 bits per heavy atom. The molecule has 0 heterocycles. The van der Waals surface area contributed by atoms with E-state index in [0.717, 1.165) is 19.3 Å². The van der Waals surface area contributed by atoms with Crippen LogP contribution in [-0.4, -0.2) is 19.0 Å². The van der Waals surface area contributed by atoms with E-state index in [0.29, 0.717) is 5.92 Å². The molecule has 0 aliphatic heterocycles. The summed E-state index contributed by atoms with van der Waals surface area (Å²) in [5.74, 6) is 0.662. The van der Waals surface area contributed by atoms with Crippen LogP contribution >= 0.6 is 0 Å². The number of hydrogen-bond acceptors (Lipinski definition) is 1. The monoisotopic (exact) mass is 273 g/mol. The second kappa shape index (κ2) is 7.52. The molecule has 0 bridgehead atoms. The Bertz CT molecular complexity index is 423. The smallest absolute Gasteiger partial charge is 0.0131 e. The highest BCUT2D eigenvalue weighted by atomic mass is 15.1. The Hall–Kier alpha value is -1.24. The maximum Gasteiger partial charge on any atom is 0.0131 e. The van der Waals surface area contributed by atoms with Crippen LogP contribution < -0.4 is 0 Å². The minimum atomic E-state index is 0.662. The van der Waals surface area contributed by atoms with Gasteiger partial charge in [-0.05, 0) is 56.9 Å². The predicted molar refractivity (Wildman–Crippen MR) is 90.7 cm³/mol. The summed E-state index contributed by atoms with van der Waals surface area (Å²) in [6.07, 6.45) is 6.77. The fourth-order valence-corrected chi connectivity index (χ4v) is 3.02. The van der Waals surface area contributed by atoms with Crippen molar-refractivity contribution < 1.29 is 0 Å². The van der Waals surface area contributed by atoms with Crippen LogP contribution in [0.15, 0.2) is 47.7 Å². The number of nitrogens with zero attached hydrogens (tertiary/aromatic N) is 1. The second-order valence-corrected chi connectivity index (χ2v) is 6.27. The number of rotatable bonds is 6. The van der Waals surface area contributed by atoms with Crippen molar-refractivity contribution in [3.8, 4) is 0 Å². The summed E-state index contributed by atoms with van der Waals surface area (Å²) in [5.41, 5.74) is 6.79. The van der Waals surface area contributed by atoms with Crippen molar-refractivity contribution in [2.24, 2.45) is 5.92 Å². The van der Waals surface area contributed by atoms with E-state index in [9.17, 15) is 0 Å². The Morgan fingerprint density at radius 3 is 2.45 bits per heavy atom. The lowest BCUT2D eigenvalue weighted by Crippen LogP contribution is -2.13. The molecule has 20 heavy (non-hydrogen) atoms. The molecule has 1 unspecified atom stereocenters. The van der Waals surface area contributed by atoms with Crippen LogP contribution in [0.4, 0.5) is 0 Å².